The van der Waals surface area contributed by atoms with Crippen LogP contribution in [0.15, 0.2) is 54.6 Å². The van der Waals surface area contributed by atoms with Crippen molar-refractivity contribution in [2.75, 3.05) is 4.72 Å². The minimum atomic E-state index is -2.72. The van der Waals surface area contributed by atoms with Crippen LogP contribution < -0.4 is 4.72 Å². The second-order valence-corrected chi connectivity index (χ2v) is 6.85. The van der Waals surface area contributed by atoms with E-state index in [0.29, 0.717) is 17.8 Å². The maximum Gasteiger partial charge on any atom is 0.303 e. The standard InChI is InChI=1S/C19H19N3O4S/c1-13-2-4-14(5-3-13)18-12-16(8-11-19(23)24)20-22(18)17-9-6-15(7-10-17)21-27(25)26/h2-7,9-10,12,27H,8,11H2,1H3,(H,23,24)(H,21,25,26). The first-order chi connectivity index (χ1) is 12.9. The molecule has 8 heteroatoms. The van der Waals surface area contributed by atoms with Gasteiger partial charge in [-0.15, -0.1) is 0 Å². The predicted octanol–water partition coefficient (Wildman–Crippen LogP) is 2.80. The summed E-state index contributed by atoms with van der Waals surface area (Å²) in [7, 11) is -2.72. The number of carboxylic acids is 1. The Morgan fingerprint density at radius 2 is 1.78 bits per heavy atom. The van der Waals surface area contributed by atoms with Crippen molar-refractivity contribution in [2.24, 2.45) is 0 Å². The van der Waals surface area contributed by atoms with Crippen molar-refractivity contribution in [1.29, 1.82) is 0 Å². The van der Waals surface area contributed by atoms with E-state index in [0.717, 1.165) is 22.5 Å². The zero-order valence-corrected chi connectivity index (χ0v) is 15.5. The third-order valence-electron chi connectivity index (χ3n) is 4.03. The molecule has 0 aliphatic rings. The van der Waals surface area contributed by atoms with Crippen molar-refractivity contribution in [1.82, 2.24) is 9.78 Å². The van der Waals surface area contributed by atoms with Gasteiger partial charge < -0.3 is 5.11 Å². The summed E-state index contributed by atoms with van der Waals surface area (Å²) in [6, 6.07) is 16.7. The van der Waals surface area contributed by atoms with Crippen LogP contribution in [-0.2, 0) is 22.1 Å². The van der Waals surface area contributed by atoms with Gasteiger partial charge in [0.15, 0.2) is 0 Å². The molecule has 0 aliphatic heterocycles. The second-order valence-electron chi connectivity index (χ2n) is 6.11. The summed E-state index contributed by atoms with van der Waals surface area (Å²) < 4.78 is 25.6. The lowest BCUT2D eigenvalue weighted by molar-refractivity contribution is -0.136. The Morgan fingerprint density at radius 1 is 1.11 bits per heavy atom. The summed E-state index contributed by atoms with van der Waals surface area (Å²) in [5, 5.41) is 13.5. The minimum Gasteiger partial charge on any atom is -0.481 e. The number of carbonyl (C=O) groups is 1. The molecule has 2 aromatic carbocycles. The van der Waals surface area contributed by atoms with E-state index in [1.807, 2.05) is 37.3 Å². The molecular weight excluding hydrogens is 366 g/mol. The Bertz CT molecular complexity index is 1010. The molecule has 0 unspecified atom stereocenters. The first-order valence-corrected chi connectivity index (χ1v) is 9.49. The van der Waals surface area contributed by atoms with Crippen LogP contribution in [0, 0.1) is 6.92 Å². The molecule has 0 saturated heterocycles. The Kier molecular flexibility index (Phi) is 5.56. The van der Waals surface area contributed by atoms with Gasteiger partial charge in [-0.05, 0) is 37.3 Å². The largest absolute Gasteiger partial charge is 0.481 e. The molecule has 1 aromatic heterocycles. The summed E-state index contributed by atoms with van der Waals surface area (Å²) in [4.78, 5) is 10.9. The molecule has 0 bridgehead atoms. The summed E-state index contributed by atoms with van der Waals surface area (Å²) in [5.74, 6) is -0.872. The molecule has 0 spiro atoms. The molecule has 3 rings (SSSR count). The molecule has 2 N–H and O–H groups in total. The number of aryl methyl sites for hydroxylation is 2. The van der Waals surface area contributed by atoms with Crippen LogP contribution in [0.1, 0.15) is 17.7 Å². The number of carboxylic acid groups (broad SMARTS) is 1. The Balaban J connectivity index is 2.01. The monoisotopic (exact) mass is 385 g/mol. The summed E-state index contributed by atoms with van der Waals surface area (Å²) in [5.41, 5.74) is 4.82. The van der Waals surface area contributed by atoms with Crippen molar-refractivity contribution in [3.8, 4) is 16.9 Å². The molecule has 0 atom stereocenters. The highest BCUT2D eigenvalue weighted by molar-refractivity contribution is 7.73. The normalized spacial score (nSPS) is 10.9. The molecule has 0 amide bonds. The van der Waals surface area contributed by atoms with Gasteiger partial charge in [-0.2, -0.15) is 5.10 Å². The smallest absolute Gasteiger partial charge is 0.303 e. The van der Waals surface area contributed by atoms with E-state index in [2.05, 4.69) is 9.82 Å². The lowest BCUT2D eigenvalue weighted by Crippen LogP contribution is -2.02. The highest BCUT2D eigenvalue weighted by atomic mass is 32.2. The second kappa shape index (κ2) is 8.05. The van der Waals surface area contributed by atoms with Crippen molar-refractivity contribution >= 4 is 22.5 Å². The molecule has 27 heavy (non-hydrogen) atoms. The quantitative estimate of drug-likeness (QED) is 0.543. The van der Waals surface area contributed by atoms with E-state index in [1.165, 1.54) is 0 Å². The molecule has 0 saturated carbocycles. The number of aromatic nitrogens is 2. The van der Waals surface area contributed by atoms with Crippen molar-refractivity contribution in [3.05, 3.63) is 65.9 Å². The van der Waals surface area contributed by atoms with Gasteiger partial charge in [0.25, 0.3) is 0 Å². The maximum absolute atomic E-state index is 10.9. The Labute approximate surface area is 158 Å². The van der Waals surface area contributed by atoms with Crippen molar-refractivity contribution in [2.45, 2.75) is 19.8 Å². The molecule has 0 aliphatic carbocycles. The summed E-state index contributed by atoms with van der Waals surface area (Å²) in [6.07, 6.45) is 0.335. The van der Waals surface area contributed by atoms with Gasteiger partial charge >= 0.3 is 5.97 Å². The van der Waals surface area contributed by atoms with E-state index in [4.69, 9.17) is 5.11 Å². The van der Waals surface area contributed by atoms with Crippen LogP contribution in [0.5, 0.6) is 0 Å². The molecule has 3 aromatic rings. The molecular formula is C19H19N3O4S. The molecule has 0 fully saturated rings. The molecule has 0 radical (unpaired) electrons. The Hall–Kier alpha value is -3.13. The van der Waals surface area contributed by atoms with Gasteiger partial charge in [-0.3, -0.25) is 9.52 Å². The van der Waals surface area contributed by atoms with Gasteiger partial charge in [-0.25, -0.2) is 13.1 Å². The number of rotatable bonds is 7. The third-order valence-corrected chi connectivity index (χ3v) is 4.48. The number of hydrogen-bond donors (Lipinski definition) is 3. The number of hydrogen-bond acceptors (Lipinski definition) is 4. The molecule has 7 nitrogen and oxygen atoms in total. The van der Waals surface area contributed by atoms with Gasteiger partial charge in [0.1, 0.15) is 0 Å². The van der Waals surface area contributed by atoms with Gasteiger partial charge in [0, 0.05) is 17.7 Å². The highest BCUT2D eigenvalue weighted by Crippen LogP contribution is 2.26. The SMILES string of the molecule is Cc1ccc(-c2cc(CCC(=O)O)nn2-c2ccc(N[SH](=O)=O)cc2)cc1. The van der Waals surface area contributed by atoms with E-state index in [-0.39, 0.29) is 6.42 Å². The first-order valence-electron chi connectivity index (χ1n) is 8.31. The number of anilines is 1. The van der Waals surface area contributed by atoms with Crippen LogP contribution in [0.4, 0.5) is 5.69 Å². The molecule has 1 heterocycles. The van der Waals surface area contributed by atoms with E-state index in [9.17, 15) is 13.2 Å². The number of aliphatic carboxylic acids is 1. The van der Waals surface area contributed by atoms with Crippen LogP contribution in [0.2, 0.25) is 0 Å². The number of nitrogens with one attached hydrogen (secondary N) is 1. The fourth-order valence-corrected chi connectivity index (χ4v) is 3.06. The van der Waals surface area contributed by atoms with Gasteiger partial charge in [0.05, 0.1) is 23.5 Å². The van der Waals surface area contributed by atoms with Crippen molar-refractivity contribution < 1.29 is 18.3 Å². The topological polar surface area (TPSA) is 101 Å². The van der Waals surface area contributed by atoms with Crippen LogP contribution in [0.25, 0.3) is 16.9 Å². The lowest BCUT2D eigenvalue weighted by Gasteiger charge is -2.09. The lowest BCUT2D eigenvalue weighted by atomic mass is 10.1. The average molecular weight is 385 g/mol. The van der Waals surface area contributed by atoms with Crippen LogP contribution in [-0.4, -0.2) is 29.3 Å². The van der Waals surface area contributed by atoms with Crippen LogP contribution >= 0.6 is 0 Å². The third kappa shape index (κ3) is 4.73. The van der Waals surface area contributed by atoms with Crippen molar-refractivity contribution in [3.63, 3.8) is 0 Å². The van der Waals surface area contributed by atoms with Gasteiger partial charge in [-0.1, -0.05) is 29.8 Å². The highest BCUT2D eigenvalue weighted by Gasteiger charge is 2.13. The summed E-state index contributed by atoms with van der Waals surface area (Å²) >= 11 is 0. The number of benzene rings is 2. The molecule has 140 valence electrons. The number of nitrogens with zero attached hydrogens (tertiary/aromatic N) is 2. The fourth-order valence-electron chi connectivity index (χ4n) is 2.70. The van der Waals surface area contributed by atoms with E-state index < -0.39 is 16.9 Å². The van der Waals surface area contributed by atoms with E-state index >= 15 is 0 Å². The maximum atomic E-state index is 10.9. The van der Waals surface area contributed by atoms with E-state index in [1.54, 1.807) is 28.9 Å². The first kappa shape index (κ1) is 18.7. The predicted molar refractivity (Wildman–Crippen MR) is 104 cm³/mol. The zero-order valence-electron chi connectivity index (χ0n) is 14.6. The Morgan fingerprint density at radius 3 is 2.37 bits per heavy atom. The zero-order chi connectivity index (χ0) is 19.4. The minimum absolute atomic E-state index is 0.00373. The average Bonchev–Trinajstić information content (AvgIpc) is 3.05. The number of thiol groups is 1. The fraction of sp³-hybridized carbons (Fsp3) is 0.158. The van der Waals surface area contributed by atoms with Crippen LogP contribution in [0.3, 0.4) is 0 Å². The van der Waals surface area contributed by atoms with Gasteiger partial charge in [0.2, 0.25) is 10.9 Å². The summed E-state index contributed by atoms with van der Waals surface area (Å²) in [6.45, 7) is 2.01.